The summed E-state index contributed by atoms with van der Waals surface area (Å²) in [5, 5.41) is 0.215. The molecule has 2 heterocycles. The van der Waals surface area contributed by atoms with E-state index in [2.05, 4.69) is 22.0 Å². The largest absolute Gasteiger partial charge is 0.318 e. The third-order valence-electron chi connectivity index (χ3n) is 6.05. The van der Waals surface area contributed by atoms with Crippen LogP contribution in [0, 0.1) is 5.92 Å². The lowest BCUT2D eigenvalue weighted by molar-refractivity contribution is 0.230. The second-order valence-electron chi connectivity index (χ2n) is 8.16. The van der Waals surface area contributed by atoms with Crippen LogP contribution in [0.4, 0.5) is 0 Å². The molecule has 2 bridgehead atoms. The van der Waals surface area contributed by atoms with Gasteiger partial charge in [0.05, 0.1) is 11.9 Å². The van der Waals surface area contributed by atoms with Crippen LogP contribution in [-0.2, 0) is 29.3 Å². The van der Waals surface area contributed by atoms with Gasteiger partial charge < -0.3 is 4.57 Å². The molecule has 1 aliphatic carbocycles. The fraction of sp³-hybridized carbons (Fsp3) is 0.571. The first-order valence-electron chi connectivity index (χ1n) is 10.0. The molecular formula is C21H29N3O2S. The van der Waals surface area contributed by atoms with Crippen molar-refractivity contribution in [3.63, 3.8) is 0 Å². The minimum absolute atomic E-state index is 0.215. The van der Waals surface area contributed by atoms with Gasteiger partial charge in [-0.1, -0.05) is 36.8 Å². The van der Waals surface area contributed by atoms with E-state index in [-0.39, 0.29) is 5.16 Å². The molecule has 5 nitrogen and oxygen atoms in total. The zero-order valence-electron chi connectivity index (χ0n) is 16.0. The van der Waals surface area contributed by atoms with Crippen LogP contribution in [0.25, 0.3) is 0 Å². The summed E-state index contributed by atoms with van der Waals surface area (Å²) in [7, 11) is -3.33. The maximum absolute atomic E-state index is 12.2. The Balaban J connectivity index is 1.50. The van der Waals surface area contributed by atoms with E-state index in [1.165, 1.54) is 37.5 Å². The predicted molar refractivity (Wildman–Crippen MR) is 106 cm³/mol. The molecule has 2 atom stereocenters. The number of sulfone groups is 1. The van der Waals surface area contributed by atoms with Gasteiger partial charge in [0, 0.05) is 31.9 Å². The summed E-state index contributed by atoms with van der Waals surface area (Å²) in [4.78, 5) is 6.84. The predicted octanol–water partition coefficient (Wildman–Crippen LogP) is 3.29. The molecule has 1 aliphatic heterocycles. The van der Waals surface area contributed by atoms with Crippen LogP contribution < -0.4 is 0 Å². The zero-order chi connectivity index (χ0) is 18.9. The molecule has 1 saturated heterocycles. The number of fused-ring (bicyclic) bond motifs is 2. The summed E-state index contributed by atoms with van der Waals surface area (Å²) in [6, 6.07) is 11.0. The fourth-order valence-electron chi connectivity index (χ4n) is 4.78. The second kappa shape index (κ2) is 7.76. The van der Waals surface area contributed by atoms with Gasteiger partial charge in [-0.15, -0.1) is 0 Å². The van der Waals surface area contributed by atoms with Crippen molar-refractivity contribution in [2.75, 3.05) is 12.8 Å². The van der Waals surface area contributed by atoms with Crippen molar-refractivity contribution in [2.24, 2.45) is 5.92 Å². The van der Waals surface area contributed by atoms with Crippen molar-refractivity contribution in [3.05, 3.63) is 47.8 Å². The van der Waals surface area contributed by atoms with E-state index in [1.807, 2.05) is 22.8 Å². The Morgan fingerprint density at radius 3 is 2.74 bits per heavy atom. The number of hydrogen-bond donors (Lipinski definition) is 0. The summed E-state index contributed by atoms with van der Waals surface area (Å²) < 4.78 is 26.4. The van der Waals surface area contributed by atoms with Crippen molar-refractivity contribution in [1.29, 1.82) is 0 Å². The van der Waals surface area contributed by atoms with Gasteiger partial charge in [0.15, 0.2) is 0 Å². The van der Waals surface area contributed by atoms with Crippen LogP contribution in [0.15, 0.2) is 41.7 Å². The average Bonchev–Trinajstić information content (AvgIpc) is 3.17. The van der Waals surface area contributed by atoms with Gasteiger partial charge in [0.1, 0.15) is 0 Å². The van der Waals surface area contributed by atoms with Crippen LogP contribution in [0.2, 0.25) is 0 Å². The molecule has 0 N–H and O–H groups in total. The van der Waals surface area contributed by atoms with Gasteiger partial charge >= 0.3 is 0 Å². The van der Waals surface area contributed by atoms with Crippen LogP contribution in [0.1, 0.15) is 43.4 Å². The Bertz CT molecular complexity index is 876. The molecular weight excluding hydrogens is 358 g/mol. The van der Waals surface area contributed by atoms with E-state index in [1.54, 1.807) is 6.20 Å². The number of aromatic nitrogens is 2. The lowest BCUT2D eigenvalue weighted by atomic mass is 9.90. The summed E-state index contributed by atoms with van der Waals surface area (Å²) in [6.45, 7) is 2.65. The first kappa shape index (κ1) is 18.7. The summed E-state index contributed by atoms with van der Waals surface area (Å²) in [5.41, 5.74) is 2.32. The van der Waals surface area contributed by atoms with E-state index >= 15 is 0 Å². The lowest BCUT2D eigenvalue weighted by Gasteiger charge is -2.25. The van der Waals surface area contributed by atoms with Gasteiger partial charge in [0.25, 0.3) is 0 Å². The van der Waals surface area contributed by atoms with Crippen LogP contribution in [-0.4, -0.2) is 41.7 Å². The Morgan fingerprint density at radius 1 is 1.19 bits per heavy atom. The van der Waals surface area contributed by atoms with Crippen LogP contribution in [0.3, 0.4) is 0 Å². The van der Waals surface area contributed by atoms with E-state index in [4.69, 9.17) is 0 Å². The molecule has 0 unspecified atom stereocenters. The Morgan fingerprint density at radius 2 is 2.00 bits per heavy atom. The van der Waals surface area contributed by atoms with Gasteiger partial charge in [-0.2, -0.15) is 0 Å². The third kappa shape index (κ3) is 4.27. The molecule has 6 heteroatoms. The highest BCUT2D eigenvalue weighted by Gasteiger charge is 2.35. The molecule has 2 fully saturated rings. The SMILES string of the molecule is CS(=O)(=O)c1ncc(CN2C[C@@H]3CCC[C@H]2C3)n1CCCc1ccccc1. The van der Waals surface area contributed by atoms with E-state index in [9.17, 15) is 8.42 Å². The molecule has 2 aliphatic rings. The van der Waals surface area contributed by atoms with Crippen molar-refractivity contribution in [2.45, 2.75) is 62.8 Å². The quantitative estimate of drug-likeness (QED) is 0.731. The number of likely N-dealkylation sites (tertiary alicyclic amines) is 1. The topological polar surface area (TPSA) is 55.2 Å². The van der Waals surface area contributed by atoms with Crippen molar-refractivity contribution >= 4 is 9.84 Å². The van der Waals surface area contributed by atoms with E-state index < -0.39 is 9.84 Å². The number of benzene rings is 1. The highest BCUT2D eigenvalue weighted by atomic mass is 32.2. The highest BCUT2D eigenvalue weighted by molar-refractivity contribution is 7.90. The molecule has 27 heavy (non-hydrogen) atoms. The molecule has 1 aromatic carbocycles. The minimum Gasteiger partial charge on any atom is -0.318 e. The maximum Gasteiger partial charge on any atom is 0.227 e. The standard InChI is InChI=1S/C21H29N3O2S/c1-27(25,26)21-22-14-20(16-23-15-18-9-5-11-19(23)13-18)24(21)12-6-10-17-7-3-2-4-8-17/h2-4,7-8,14,18-19H,5-6,9-13,15-16H2,1H3/t18-,19+/m1/s1. The first-order chi connectivity index (χ1) is 13.0. The Kier molecular flexibility index (Phi) is 5.37. The fourth-order valence-corrected chi connectivity index (χ4v) is 5.63. The van der Waals surface area contributed by atoms with Gasteiger partial charge in [-0.25, -0.2) is 13.4 Å². The van der Waals surface area contributed by atoms with E-state index in [0.29, 0.717) is 12.6 Å². The molecule has 0 spiro atoms. The maximum atomic E-state index is 12.2. The Labute approximate surface area is 162 Å². The third-order valence-corrected chi connectivity index (χ3v) is 7.04. The molecule has 0 radical (unpaired) electrons. The summed E-state index contributed by atoms with van der Waals surface area (Å²) in [5.74, 6) is 0.826. The second-order valence-corrected chi connectivity index (χ2v) is 10.1. The molecule has 146 valence electrons. The summed E-state index contributed by atoms with van der Waals surface area (Å²) in [6.07, 6.45) is 10.1. The normalized spacial score (nSPS) is 23.0. The van der Waals surface area contributed by atoms with Crippen molar-refractivity contribution in [3.8, 4) is 0 Å². The lowest BCUT2D eigenvalue weighted by Crippen LogP contribution is -2.29. The number of aryl methyl sites for hydroxylation is 1. The van der Waals surface area contributed by atoms with Crippen LogP contribution >= 0.6 is 0 Å². The number of imidazole rings is 1. The first-order valence-corrected chi connectivity index (χ1v) is 11.9. The molecule has 1 aromatic heterocycles. The smallest absolute Gasteiger partial charge is 0.227 e. The van der Waals surface area contributed by atoms with Gasteiger partial charge in [-0.3, -0.25) is 4.90 Å². The molecule has 1 saturated carbocycles. The molecule has 4 rings (SSSR count). The van der Waals surface area contributed by atoms with Gasteiger partial charge in [0.2, 0.25) is 15.0 Å². The number of nitrogens with zero attached hydrogens (tertiary/aromatic N) is 3. The number of rotatable bonds is 7. The van der Waals surface area contributed by atoms with Gasteiger partial charge in [-0.05, 0) is 43.6 Å². The Hall–Kier alpha value is -1.66. The van der Waals surface area contributed by atoms with Crippen molar-refractivity contribution in [1.82, 2.24) is 14.5 Å². The number of hydrogen-bond acceptors (Lipinski definition) is 4. The van der Waals surface area contributed by atoms with Crippen LogP contribution in [0.5, 0.6) is 0 Å². The molecule has 0 amide bonds. The monoisotopic (exact) mass is 387 g/mol. The highest BCUT2D eigenvalue weighted by Crippen LogP contribution is 2.36. The zero-order valence-corrected chi connectivity index (χ0v) is 16.9. The summed E-state index contributed by atoms with van der Waals surface area (Å²) >= 11 is 0. The van der Waals surface area contributed by atoms with E-state index in [0.717, 1.165) is 37.5 Å². The minimum atomic E-state index is -3.33. The van der Waals surface area contributed by atoms with Crippen molar-refractivity contribution < 1.29 is 8.42 Å². The molecule has 2 aromatic rings. The average molecular weight is 388 g/mol.